The normalized spacial score (nSPS) is 19.9. The molecule has 0 bridgehead atoms. The molecule has 5 nitrogen and oxygen atoms in total. The van der Waals surface area contributed by atoms with Gasteiger partial charge in [0.1, 0.15) is 0 Å². The van der Waals surface area contributed by atoms with E-state index in [1.165, 1.54) is 0 Å². The Kier molecular flexibility index (Phi) is 3.57. The number of amides is 2. The number of hydrogen-bond acceptors (Lipinski definition) is 3. The SMILES string of the molecule is CN1CCN(C(=O)[C@H](N)C(C)(C)C)CC1=O. The first kappa shape index (κ1) is 13.0. The van der Waals surface area contributed by atoms with Crippen LogP contribution < -0.4 is 5.73 Å². The lowest BCUT2D eigenvalue weighted by atomic mass is 9.86. The maximum absolute atomic E-state index is 12.0. The first-order chi connectivity index (χ1) is 7.23. The molecule has 1 fully saturated rings. The topological polar surface area (TPSA) is 66.6 Å². The van der Waals surface area contributed by atoms with Crippen molar-refractivity contribution in [3.63, 3.8) is 0 Å². The Balaban J connectivity index is 2.66. The highest BCUT2D eigenvalue weighted by Crippen LogP contribution is 2.19. The number of carbonyl (C=O) groups is 2. The van der Waals surface area contributed by atoms with Gasteiger partial charge in [-0.25, -0.2) is 0 Å². The molecular weight excluding hydrogens is 206 g/mol. The smallest absolute Gasteiger partial charge is 0.241 e. The van der Waals surface area contributed by atoms with Crippen molar-refractivity contribution in [3.8, 4) is 0 Å². The van der Waals surface area contributed by atoms with E-state index in [9.17, 15) is 9.59 Å². The highest BCUT2D eigenvalue weighted by Gasteiger charge is 2.33. The molecule has 1 aliphatic rings. The molecule has 16 heavy (non-hydrogen) atoms. The van der Waals surface area contributed by atoms with Gasteiger partial charge in [-0.2, -0.15) is 0 Å². The van der Waals surface area contributed by atoms with Crippen LogP contribution in [0.15, 0.2) is 0 Å². The minimum atomic E-state index is -0.552. The lowest BCUT2D eigenvalue weighted by Crippen LogP contribution is -2.57. The Morgan fingerprint density at radius 1 is 1.38 bits per heavy atom. The van der Waals surface area contributed by atoms with Crippen molar-refractivity contribution in [2.75, 3.05) is 26.7 Å². The van der Waals surface area contributed by atoms with Gasteiger partial charge in [-0.15, -0.1) is 0 Å². The van der Waals surface area contributed by atoms with Gasteiger partial charge in [0.15, 0.2) is 0 Å². The van der Waals surface area contributed by atoms with Crippen LogP contribution in [0.25, 0.3) is 0 Å². The van der Waals surface area contributed by atoms with Crippen molar-refractivity contribution in [2.24, 2.45) is 11.1 Å². The number of piperazine rings is 1. The lowest BCUT2D eigenvalue weighted by molar-refractivity contribution is -0.146. The fourth-order valence-electron chi connectivity index (χ4n) is 1.51. The van der Waals surface area contributed by atoms with Crippen molar-refractivity contribution >= 4 is 11.8 Å². The van der Waals surface area contributed by atoms with Crippen LogP contribution in [0.2, 0.25) is 0 Å². The molecule has 92 valence electrons. The highest BCUT2D eigenvalue weighted by atomic mass is 16.2. The predicted octanol–water partition coefficient (Wildman–Crippen LogP) is -0.340. The average Bonchev–Trinajstić information content (AvgIpc) is 2.18. The monoisotopic (exact) mass is 227 g/mol. The molecule has 0 aromatic carbocycles. The third-order valence-electron chi connectivity index (χ3n) is 2.97. The number of carbonyl (C=O) groups excluding carboxylic acids is 2. The molecule has 0 spiro atoms. The number of nitrogens with zero attached hydrogens (tertiary/aromatic N) is 2. The largest absolute Gasteiger partial charge is 0.342 e. The van der Waals surface area contributed by atoms with E-state index in [-0.39, 0.29) is 23.8 Å². The van der Waals surface area contributed by atoms with Crippen molar-refractivity contribution in [3.05, 3.63) is 0 Å². The molecule has 5 heteroatoms. The van der Waals surface area contributed by atoms with Crippen LogP contribution in [0.5, 0.6) is 0 Å². The fraction of sp³-hybridized carbons (Fsp3) is 0.818. The third-order valence-corrected chi connectivity index (χ3v) is 2.97. The van der Waals surface area contributed by atoms with E-state index >= 15 is 0 Å². The summed E-state index contributed by atoms with van der Waals surface area (Å²) in [6.45, 7) is 7.08. The summed E-state index contributed by atoms with van der Waals surface area (Å²) in [6, 6.07) is -0.552. The van der Waals surface area contributed by atoms with Gasteiger partial charge in [-0.1, -0.05) is 20.8 Å². The van der Waals surface area contributed by atoms with Gasteiger partial charge in [0.2, 0.25) is 11.8 Å². The fourth-order valence-corrected chi connectivity index (χ4v) is 1.51. The van der Waals surface area contributed by atoms with Gasteiger partial charge in [0.25, 0.3) is 0 Å². The third kappa shape index (κ3) is 2.72. The maximum Gasteiger partial charge on any atom is 0.241 e. The van der Waals surface area contributed by atoms with Gasteiger partial charge in [0.05, 0.1) is 12.6 Å². The Morgan fingerprint density at radius 2 is 1.94 bits per heavy atom. The first-order valence-electron chi connectivity index (χ1n) is 5.52. The summed E-state index contributed by atoms with van der Waals surface area (Å²) in [5.74, 6) is -0.158. The summed E-state index contributed by atoms with van der Waals surface area (Å²) in [7, 11) is 1.74. The Hall–Kier alpha value is -1.10. The van der Waals surface area contributed by atoms with E-state index in [0.717, 1.165) is 0 Å². The van der Waals surface area contributed by atoms with Crippen LogP contribution in [0.4, 0.5) is 0 Å². The summed E-state index contributed by atoms with van der Waals surface area (Å²) >= 11 is 0. The molecule has 1 aliphatic heterocycles. The Morgan fingerprint density at radius 3 is 2.38 bits per heavy atom. The number of rotatable bonds is 1. The van der Waals surface area contributed by atoms with E-state index in [0.29, 0.717) is 13.1 Å². The van der Waals surface area contributed by atoms with E-state index in [1.54, 1.807) is 16.8 Å². The second-order valence-corrected chi connectivity index (χ2v) is 5.42. The molecule has 1 rings (SSSR count). The van der Waals surface area contributed by atoms with Crippen LogP contribution in [-0.2, 0) is 9.59 Å². The standard InChI is InChI=1S/C11H21N3O2/c1-11(2,3)9(12)10(16)14-6-5-13(4)8(15)7-14/h9H,5-7,12H2,1-4H3/t9-/m0/s1. The summed E-state index contributed by atoms with van der Waals surface area (Å²) in [5, 5.41) is 0. The average molecular weight is 227 g/mol. The quantitative estimate of drug-likeness (QED) is 0.666. The van der Waals surface area contributed by atoms with Gasteiger partial charge < -0.3 is 15.5 Å². The number of likely N-dealkylation sites (N-methyl/N-ethyl adjacent to an activating group) is 1. The lowest BCUT2D eigenvalue weighted by Gasteiger charge is -2.36. The van der Waals surface area contributed by atoms with E-state index < -0.39 is 6.04 Å². The minimum absolute atomic E-state index is 0.0271. The molecule has 0 saturated carbocycles. The summed E-state index contributed by atoms with van der Waals surface area (Å²) in [5.41, 5.74) is 5.61. The molecule has 1 heterocycles. The minimum Gasteiger partial charge on any atom is -0.342 e. The molecule has 2 N–H and O–H groups in total. The molecular formula is C11H21N3O2. The second kappa shape index (κ2) is 4.41. The molecule has 1 saturated heterocycles. The van der Waals surface area contributed by atoms with Crippen molar-refractivity contribution in [1.29, 1.82) is 0 Å². The zero-order valence-electron chi connectivity index (χ0n) is 10.5. The molecule has 0 radical (unpaired) electrons. The molecule has 2 amide bonds. The van der Waals surface area contributed by atoms with Crippen LogP contribution in [0.3, 0.4) is 0 Å². The molecule has 1 atom stereocenters. The van der Waals surface area contributed by atoms with Crippen molar-refractivity contribution in [2.45, 2.75) is 26.8 Å². The summed E-state index contributed by atoms with van der Waals surface area (Å²) in [4.78, 5) is 26.7. The second-order valence-electron chi connectivity index (χ2n) is 5.42. The predicted molar refractivity (Wildman–Crippen MR) is 61.6 cm³/mol. The van der Waals surface area contributed by atoms with Crippen LogP contribution in [-0.4, -0.2) is 54.3 Å². The number of nitrogens with two attached hydrogens (primary N) is 1. The van der Waals surface area contributed by atoms with Crippen molar-refractivity contribution in [1.82, 2.24) is 9.80 Å². The Bertz CT molecular complexity index is 296. The molecule has 0 unspecified atom stereocenters. The van der Waals surface area contributed by atoms with Crippen LogP contribution in [0, 0.1) is 5.41 Å². The molecule has 0 aromatic heterocycles. The number of hydrogen-bond donors (Lipinski definition) is 1. The van der Waals surface area contributed by atoms with Crippen LogP contribution in [0.1, 0.15) is 20.8 Å². The summed E-state index contributed by atoms with van der Waals surface area (Å²) in [6.07, 6.45) is 0. The van der Waals surface area contributed by atoms with E-state index in [4.69, 9.17) is 5.73 Å². The zero-order valence-corrected chi connectivity index (χ0v) is 10.5. The van der Waals surface area contributed by atoms with Gasteiger partial charge in [-0.05, 0) is 5.41 Å². The zero-order chi connectivity index (χ0) is 12.5. The Labute approximate surface area is 96.6 Å². The highest BCUT2D eigenvalue weighted by molar-refractivity contribution is 5.88. The van der Waals surface area contributed by atoms with E-state index in [1.807, 2.05) is 20.8 Å². The molecule has 0 aliphatic carbocycles. The van der Waals surface area contributed by atoms with Gasteiger partial charge in [-0.3, -0.25) is 9.59 Å². The summed E-state index contributed by atoms with van der Waals surface area (Å²) < 4.78 is 0. The van der Waals surface area contributed by atoms with Crippen LogP contribution >= 0.6 is 0 Å². The first-order valence-corrected chi connectivity index (χ1v) is 5.52. The van der Waals surface area contributed by atoms with Gasteiger partial charge >= 0.3 is 0 Å². The van der Waals surface area contributed by atoms with Crippen molar-refractivity contribution < 1.29 is 9.59 Å². The maximum atomic E-state index is 12.0. The van der Waals surface area contributed by atoms with E-state index in [2.05, 4.69) is 0 Å². The molecule has 0 aromatic rings. The van der Waals surface area contributed by atoms with Gasteiger partial charge in [0, 0.05) is 20.1 Å².